The number of benzene rings is 1. The summed E-state index contributed by atoms with van der Waals surface area (Å²) in [5, 5.41) is 12.9. The average Bonchev–Trinajstić information content (AvgIpc) is 3.25. The summed E-state index contributed by atoms with van der Waals surface area (Å²) in [6, 6.07) is 6.14. The third kappa shape index (κ3) is 3.11. The number of nitrogens with zero attached hydrogens (tertiary/aromatic N) is 3. The minimum absolute atomic E-state index is 0.0488. The van der Waals surface area contributed by atoms with E-state index in [0.29, 0.717) is 6.42 Å². The van der Waals surface area contributed by atoms with Gasteiger partial charge in [-0.05, 0) is 44.2 Å². The van der Waals surface area contributed by atoms with Crippen LogP contribution in [-0.4, -0.2) is 25.7 Å². The molecule has 0 bridgehead atoms. The van der Waals surface area contributed by atoms with Gasteiger partial charge in [-0.2, -0.15) is 0 Å². The second-order valence-electron chi connectivity index (χ2n) is 7.18. The Balaban J connectivity index is 1.39. The summed E-state index contributed by atoms with van der Waals surface area (Å²) in [5.41, 5.74) is 3.57. The molecule has 3 aromatic rings. The molecule has 136 valence electrons. The monoisotopic (exact) mass is 351 g/mol. The van der Waals surface area contributed by atoms with Crippen LogP contribution in [-0.2, 0) is 24.2 Å². The van der Waals surface area contributed by atoms with Crippen molar-refractivity contribution in [1.29, 1.82) is 0 Å². The Morgan fingerprint density at radius 1 is 1.35 bits per heavy atom. The standard InChI is InChI=1S/C20H25N5O/c1-13-6-5-7-16-15(12-21-19(13)16)9-10-18(26)22-14(2)20-24-23-17-8-3-4-11-25(17)20/h5-7,12,14,21H,3-4,8-11H2,1-2H3,(H,22,26)/t14-/m1/s1. The summed E-state index contributed by atoms with van der Waals surface area (Å²) in [5.74, 6) is 1.96. The highest BCUT2D eigenvalue weighted by molar-refractivity contribution is 5.86. The zero-order chi connectivity index (χ0) is 18.1. The van der Waals surface area contributed by atoms with Crippen molar-refractivity contribution >= 4 is 16.8 Å². The Morgan fingerprint density at radius 3 is 3.12 bits per heavy atom. The van der Waals surface area contributed by atoms with E-state index >= 15 is 0 Å². The molecular weight excluding hydrogens is 326 g/mol. The highest BCUT2D eigenvalue weighted by Crippen LogP contribution is 2.23. The van der Waals surface area contributed by atoms with Gasteiger partial charge in [-0.1, -0.05) is 18.2 Å². The molecule has 0 fully saturated rings. The Bertz CT molecular complexity index is 939. The first kappa shape index (κ1) is 16.8. The van der Waals surface area contributed by atoms with Crippen LogP contribution in [0.2, 0.25) is 0 Å². The van der Waals surface area contributed by atoms with Crippen molar-refractivity contribution in [3.8, 4) is 0 Å². The van der Waals surface area contributed by atoms with Crippen LogP contribution in [0, 0.1) is 6.92 Å². The van der Waals surface area contributed by atoms with Crippen molar-refractivity contribution in [3.63, 3.8) is 0 Å². The van der Waals surface area contributed by atoms with E-state index in [0.717, 1.165) is 43.0 Å². The number of rotatable bonds is 5. The molecule has 1 aromatic carbocycles. The Labute approximate surface area is 153 Å². The van der Waals surface area contributed by atoms with Crippen LogP contribution in [0.25, 0.3) is 10.9 Å². The van der Waals surface area contributed by atoms with E-state index in [1.807, 2.05) is 13.1 Å². The van der Waals surface area contributed by atoms with E-state index in [2.05, 4.69) is 50.2 Å². The van der Waals surface area contributed by atoms with Gasteiger partial charge in [0.2, 0.25) is 5.91 Å². The topological polar surface area (TPSA) is 75.6 Å². The number of fused-ring (bicyclic) bond motifs is 2. The fourth-order valence-electron chi connectivity index (χ4n) is 3.85. The first-order valence-corrected chi connectivity index (χ1v) is 9.40. The summed E-state index contributed by atoms with van der Waals surface area (Å²) < 4.78 is 2.16. The van der Waals surface area contributed by atoms with E-state index in [9.17, 15) is 4.79 Å². The maximum absolute atomic E-state index is 12.4. The fourth-order valence-corrected chi connectivity index (χ4v) is 3.85. The number of aryl methyl sites for hydroxylation is 3. The predicted octanol–water partition coefficient (Wildman–Crippen LogP) is 3.21. The molecule has 0 saturated heterocycles. The Morgan fingerprint density at radius 2 is 2.23 bits per heavy atom. The van der Waals surface area contributed by atoms with E-state index in [1.165, 1.54) is 22.9 Å². The van der Waals surface area contributed by atoms with Crippen molar-refractivity contribution in [2.45, 2.75) is 58.5 Å². The SMILES string of the molecule is Cc1cccc2c(CCC(=O)N[C@H](C)c3nnc4n3CCCC4)c[nH]c12. The number of carbonyl (C=O) groups is 1. The molecule has 6 heteroatoms. The lowest BCUT2D eigenvalue weighted by Crippen LogP contribution is -2.29. The number of hydrogen-bond donors (Lipinski definition) is 2. The summed E-state index contributed by atoms with van der Waals surface area (Å²) in [7, 11) is 0. The number of aromatic amines is 1. The largest absolute Gasteiger partial charge is 0.361 e. The van der Waals surface area contributed by atoms with Crippen LogP contribution in [0.4, 0.5) is 0 Å². The van der Waals surface area contributed by atoms with E-state index < -0.39 is 0 Å². The molecule has 2 aromatic heterocycles. The molecule has 4 rings (SSSR count). The number of nitrogens with one attached hydrogen (secondary N) is 2. The lowest BCUT2D eigenvalue weighted by atomic mass is 10.1. The molecular formula is C20H25N5O. The maximum Gasteiger partial charge on any atom is 0.220 e. The number of para-hydroxylation sites is 1. The molecule has 6 nitrogen and oxygen atoms in total. The van der Waals surface area contributed by atoms with Gasteiger partial charge in [0.05, 0.1) is 6.04 Å². The lowest BCUT2D eigenvalue weighted by Gasteiger charge is -2.18. The third-order valence-corrected chi connectivity index (χ3v) is 5.28. The zero-order valence-corrected chi connectivity index (χ0v) is 15.4. The molecule has 26 heavy (non-hydrogen) atoms. The van der Waals surface area contributed by atoms with Gasteiger partial charge in [0, 0.05) is 36.5 Å². The lowest BCUT2D eigenvalue weighted by molar-refractivity contribution is -0.121. The van der Waals surface area contributed by atoms with Crippen LogP contribution < -0.4 is 5.32 Å². The maximum atomic E-state index is 12.4. The van der Waals surface area contributed by atoms with Crippen molar-refractivity contribution in [3.05, 3.63) is 47.2 Å². The van der Waals surface area contributed by atoms with Crippen LogP contribution in [0.3, 0.4) is 0 Å². The number of hydrogen-bond acceptors (Lipinski definition) is 3. The van der Waals surface area contributed by atoms with Crippen LogP contribution in [0.15, 0.2) is 24.4 Å². The fraction of sp³-hybridized carbons (Fsp3) is 0.450. The summed E-state index contributed by atoms with van der Waals surface area (Å²) in [4.78, 5) is 15.8. The summed E-state index contributed by atoms with van der Waals surface area (Å²) >= 11 is 0. The number of aromatic nitrogens is 4. The van der Waals surface area contributed by atoms with E-state index in [4.69, 9.17) is 0 Å². The Hall–Kier alpha value is -2.63. The van der Waals surface area contributed by atoms with Gasteiger partial charge in [0.25, 0.3) is 0 Å². The second kappa shape index (κ2) is 6.94. The summed E-state index contributed by atoms with van der Waals surface area (Å²) in [6.07, 6.45) is 6.50. The van der Waals surface area contributed by atoms with Gasteiger partial charge < -0.3 is 14.9 Å². The van der Waals surface area contributed by atoms with Crippen molar-refractivity contribution in [2.24, 2.45) is 0 Å². The molecule has 0 aliphatic carbocycles. The second-order valence-corrected chi connectivity index (χ2v) is 7.18. The van der Waals surface area contributed by atoms with Gasteiger partial charge in [-0.3, -0.25) is 4.79 Å². The molecule has 3 heterocycles. The van der Waals surface area contributed by atoms with E-state index in [1.54, 1.807) is 0 Å². The minimum Gasteiger partial charge on any atom is -0.361 e. The van der Waals surface area contributed by atoms with Crippen molar-refractivity contribution < 1.29 is 4.79 Å². The van der Waals surface area contributed by atoms with Crippen molar-refractivity contribution in [2.75, 3.05) is 0 Å². The van der Waals surface area contributed by atoms with Crippen LogP contribution in [0.1, 0.15) is 55.0 Å². The number of H-pyrrole nitrogens is 1. The van der Waals surface area contributed by atoms with Crippen LogP contribution in [0.5, 0.6) is 0 Å². The van der Waals surface area contributed by atoms with Gasteiger partial charge in [-0.25, -0.2) is 0 Å². The van der Waals surface area contributed by atoms with Gasteiger partial charge in [-0.15, -0.1) is 10.2 Å². The predicted molar refractivity (Wildman–Crippen MR) is 101 cm³/mol. The van der Waals surface area contributed by atoms with Gasteiger partial charge >= 0.3 is 0 Å². The first-order chi connectivity index (χ1) is 12.6. The third-order valence-electron chi connectivity index (χ3n) is 5.28. The molecule has 0 spiro atoms. The van der Waals surface area contributed by atoms with E-state index in [-0.39, 0.29) is 11.9 Å². The van der Waals surface area contributed by atoms with Gasteiger partial charge in [0.1, 0.15) is 5.82 Å². The first-order valence-electron chi connectivity index (χ1n) is 9.40. The minimum atomic E-state index is -0.118. The Kier molecular flexibility index (Phi) is 4.49. The zero-order valence-electron chi connectivity index (χ0n) is 15.4. The average molecular weight is 351 g/mol. The normalized spacial score (nSPS) is 15.0. The smallest absolute Gasteiger partial charge is 0.220 e. The highest BCUT2D eigenvalue weighted by Gasteiger charge is 2.21. The molecule has 1 amide bonds. The number of amides is 1. The highest BCUT2D eigenvalue weighted by atomic mass is 16.1. The molecule has 1 aliphatic rings. The molecule has 2 N–H and O–H groups in total. The molecule has 0 unspecified atom stereocenters. The quantitative estimate of drug-likeness (QED) is 0.741. The van der Waals surface area contributed by atoms with Gasteiger partial charge in [0.15, 0.2) is 5.82 Å². The number of carbonyl (C=O) groups excluding carboxylic acids is 1. The molecule has 1 aliphatic heterocycles. The molecule has 1 atom stereocenters. The summed E-state index contributed by atoms with van der Waals surface area (Å²) in [6.45, 7) is 5.03. The van der Waals surface area contributed by atoms with Crippen molar-refractivity contribution in [1.82, 2.24) is 25.1 Å². The van der Waals surface area contributed by atoms with Crippen LogP contribution >= 0.6 is 0 Å². The molecule has 0 saturated carbocycles. The molecule has 0 radical (unpaired) electrons.